The van der Waals surface area contributed by atoms with Gasteiger partial charge in [0.1, 0.15) is 0 Å². The molecule has 0 spiro atoms. The molecule has 0 radical (unpaired) electrons. The van der Waals surface area contributed by atoms with Crippen molar-refractivity contribution in [1.82, 2.24) is 25.0 Å². The lowest BCUT2D eigenvalue weighted by molar-refractivity contribution is 0.635. The molecule has 0 amide bonds. The quantitative estimate of drug-likeness (QED) is 0.768. The average Bonchev–Trinajstić information content (AvgIpc) is 2.68. The number of hydrogen-bond acceptors (Lipinski definition) is 5. The van der Waals surface area contributed by atoms with Gasteiger partial charge < -0.3 is 5.73 Å². The van der Waals surface area contributed by atoms with Crippen LogP contribution in [0.3, 0.4) is 0 Å². The molecule has 0 aliphatic heterocycles. The van der Waals surface area contributed by atoms with Gasteiger partial charge in [0.05, 0.1) is 30.3 Å². The second kappa shape index (κ2) is 4.14. The van der Waals surface area contributed by atoms with Crippen molar-refractivity contribution in [2.75, 3.05) is 0 Å². The van der Waals surface area contributed by atoms with Crippen molar-refractivity contribution in [3.63, 3.8) is 0 Å². The van der Waals surface area contributed by atoms with Crippen LogP contribution in [0.15, 0.2) is 24.8 Å². The molecule has 1 unspecified atom stereocenters. The fourth-order valence-electron chi connectivity index (χ4n) is 1.18. The summed E-state index contributed by atoms with van der Waals surface area (Å²) >= 11 is 0. The van der Waals surface area contributed by atoms with Gasteiger partial charge in [0.25, 0.3) is 0 Å². The molecule has 1 atom stereocenters. The Morgan fingerprint density at radius 2 is 2.33 bits per heavy atom. The van der Waals surface area contributed by atoms with Crippen molar-refractivity contribution in [3.8, 4) is 0 Å². The summed E-state index contributed by atoms with van der Waals surface area (Å²) in [7, 11) is 0. The number of hydrogen-bond donors (Lipinski definition) is 1. The van der Waals surface area contributed by atoms with E-state index in [9.17, 15) is 0 Å². The largest absolute Gasteiger partial charge is 0.323 e. The molecule has 6 heteroatoms. The van der Waals surface area contributed by atoms with Crippen molar-refractivity contribution < 1.29 is 0 Å². The molecule has 0 aliphatic carbocycles. The summed E-state index contributed by atoms with van der Waals surface area (Å²) in [6.45, 7) is 2.43. The minimum atomic E-state index is -0.0967. The number of nitrogens with zero attached hydrogens (tertiary/aromatic N) is 5. The van der Waals surface area contributed by atoms with Crippen LogP contribution in [0.1, 0.15) is 24.4 Å². The first kappa shape index (κ1) is 9.72. The molecule has 2 aromatic heterocycles. The lowest BCUT2D eigenvalue weighted by atomic mass is 10.3. The van der Waals surface area contributed by atoms with E-state index in [0.717, 1.165) is 11.4 Å². The van der Waals surface area contributed by atoms with Crippen molar-refractivity contribution in [3.05, 3.63) is 36.2 Å². The van der Waals surface area contributed by atoms with E-state index in [1.165, 1.54) is 0 Å². The Balaban J connectivity index is 2.12. The molecule has 0 aliphatic rings. The highest BCUT2D eigenvalue weighted by Gasteiger charge is 2.05. The molecule has 0 aromatic carbocycles. The van der Waals surface area contributed by atoms with Crippen LogP contribution in [0.2, 0.25) is 0 Å². The Hall–Kier alpha value is -1.82. The second-order valence-corrected chi connectivity index (χ2v) is 3.33. The van der Waals surface area contributed by atoms with Crippen LogP contribution in [0, 0.1) is 0 Å². The molecule has 0 saturated carbocycles. The van der Waals surface area contributed by atoms with E-state index in [-0.39, 0.29) is 6.04 Å². The first-order valence-electron chi connectivity index (χ1n) is 4.66. The zero-order valence-electron chi connectivity index (χ0n) is 8.41. The predicted octanol–water partition coefficient (Wildman–Crippen LogP) is 0.136. The molecule has 15 heavy (non-hydrogen) atoms. The Morgan fingerprint density at radius 3 is 2.93 bits per heavy atom. The van der Waals surface area contributed by atoms with E-state index in [1.54, 1.807) is 23.3 Å². The van der Waals surface area contributed by atoms with Gasteiger partial charge in [0, 0.05) is 18.4 Å². The summed E-state index contributed by atoms with van der Waals surface area (Å²) in [5.41, 5.74) is 7.30. The smallest absolute Gasteiger partial charge is 0.0991 e. The van der Waals surface area contributed by atoms with Gasteiger partial charge in [-0.2, -0.15) is 0 Å². The van der Waals surface area contributed by atoms with Crippen molar-refractivity contribution in [2.24, 2.45) is 5.73 Å². The van der Waals surface area contributed by atoms with Gasteiger partial charge in [0.2, 0.25) is 0 Å². The van der Waals surface area contributed by atoms with Crippen LogP contribution in [-0.2, 0) is 6.54 Å². The maximum absolute atomic E-state index is 5.68. The van der Waals surface area contributed by atoms with Gasteiger partial charge >= 0.3 is 0 Å². The van der Waals surface area contributed by atoms with Crippen molar-refractivity contribution in [1.29, 1.82) is 0 Å². The molecule has 2 rings (SSSR count). The molecule has 0 fully saturated rings. The normalized spacial score (nSPS) is 12.7. The Bertz CT molecular complexity index is 421. The Kier molecular flexibility index (Phi) is 2.68. The van der Waals surface area contributed by atoms with Crippen LogP contribution in [0.5, 0.6) is 0 Å². The summed E-state index contributed by atoms with van der Waals surface area (Å²) in [6.07, 6.45) is 6.81. The highest BCUT2D eigenvalue weighted by atomic mass is 15.4. The fourth-order valence-corrected chi connectivity index (χ4v) is 1.18. The lowest BCUT2D eigenvalue weighted by Gasteiger charge is -1.98. The minimum absolute atomic E-state index is 0.0967. The summed E-state index contributed by atoms with van der Waals surface area (Å²) < 4.78 is 1.70. The van der Waals surface area contributed by atoms with E-state index < -0.39 is 0 Å². The van der Waals surface area contributed by atoms with Gasteiger partial charge in [-0.25, -0.2) is 4.68 Å². The highest BCUT2D eigenvalue weighted by molar-refractivity contribution is 5.00. The standard InChI is InChI=1S/C9H12N6/c1-7(10)9-6-15(14-13-9)5-8-4-11-2-3-12-8/h2-4,6-7H,5,10H2,1H3. The first-order chi connectivity index (χ1) is 7.25. The van der Waals surface area contributed by atoms with Gasteiger partial charge in [-0.15, -0.1) is 5.10 Å². The minimum Gasteiger partial charge on any atom is -0.323 e. The van der Waals surface area contributed by atoms with Crippen LogP contribution in [0.4, 0.5) is 0 Å². The molecule has 0 bridgehead atoms. The zero-order valence-corrected chi connectivity index (χ0v) is 8.41. The van der Waals surface area contributed by atoms with E-state index in [4.69, 9.17) is 5.73 Å². The first-order valence-corrected chi connectivity index (χ1v) is 4.66. The van der Waals surface area contributed by atoms with Crippen LogP contribution >= 0.6 is 0 Å². The van der Waals surface area contributed by atoms with Crippen LogP contribution in [0.25, 0.3) is 0 Å². The van der Waals surface area contributed by atoms with Gasteiger partial charge in [-0.3, -0.25) is 9.97 Å². The number of aromatic nitrogens is 5. The molecule has 2 aromatic rings. The van der Waals surface area contributed by atoms with E-state index in [0.29, 0.717) is 6.54 Å². The molecular formula is C9H12N6. The SMILES string of the molecule is CC(N)c1cn(Cc2cnccn2)nn1. The van der Waals surface area contributed by atoms with Gasteiger partial charge in [-0.05, 0) is 6.92 Å². The fraction of sp³-hybridized carbons (Fsp3) is 0.333. The summed E-state index contributed by atoms with van der Waals surface area (Å²) in [4.78, 5) is 8.12. The Morgan fingerprint density at radius 1 is 1.47 bits per heavy atom. The third kappa shape index (κ3) is 2.35. The summed E-state index contributed by atoms with van der Waals surface area (Å²) in [5, 5.41) is 7.90. The maximum atomic E-state index is 5.68. The zero-order chi connectivity index (χ0) is 10.7. The van der Waals surface area contributed by atoms with Crippen LogP contribution < -0.4 is 5.73 Å². The molecular weight excluding hydrogens is 192 g/mol. The Labute approximate surface area is 87.2 Å². The van der Waals surface area contributed by atoms with Gasteiger partial charge in [-0.1, -0.05) is 5.21 Å². The molecule has 0 saturated heterocycles. The van der Waals surface area contributed by atoms with E-state index in [2.05, 4.69) is 20.3 Å². The highest BCUT2D eigenvalue weighted by Crippen LogP contribution is 2.04. The third-order valence-electron chi connectivity index (χ3n) is 1.96. The topological polar surface area (TPSA) is 82.5 Å². The predicted molar refractivity (Wildman–Crippen MR) is 53.8 cm³/mol. The second-order valence-electron chi connectivity index (χ2n) is 3.33. The number of nitrogens with two attached hydrogens (primary N) is 1. The summed E-state index contributed by atoms with van der Waals surface area (Å²) in [5.74, 6) is 0. The van der Waals surface area contributed by atoms with Crippen LogP contribution in [-0.4, -0.2) is 25.0 Å². The average molecular weight is 204 g/mol. The van der Waals surface area contributed by atoms with Crippen molar-refractivity contribution >= 4 is 0 Å². The van der Waals surface area contributed by atoms with Gasteiger partial charge in [0.15, 0.2) is 0 Å². The molecule has 78 valence electrons. The molecule has 2 heterocycles. The lowest BCUT2D eigenvalue weighted by Crippen LogP contribution is -2.05. The third-order valence-corrected chi connectivity index (χ3v) is 1.96. The maximum Gasteiger partial charge on any atom is 0.0991 e. The number of rotatable bonds is 3. The van der Waals surface area contributed by atoms with E-state index in [1.807, 2.05) is 13.1 Å². The molecule has 6 nitrogen and oxygen atoms in total. The molecule has 2 N–H and O–H groups in total. The van der Waals surface area contributed by atoms with Crippen molar-refractivity contribution in [2.45, 2.75) is 19.5 Å². The monoisotopic (exact) mass is 204 g/mol. The summed E-state index contributed by atoms with van der Waals surface area (Å²) in [6, 6.07) is -0.0967. The van der Waals surface area contributed by atoms with E-state index >= 15 is 0 Å².